The van der Waals surface area contributed by atoms with E-state index in [1.54, 1.807) is 12.1 Å². The number of amides is 1. The number of nitrogens with zero attached hydrogens (tertiary/aromatic N) is 2. The van der Waals surface area contributed by atoms with Gasteiger partial charge in [-0.05, 0) is 54.1 Å². The second kappa shape index (κ2) is 10.1. The third-order valence-corrected chi connectivity index (χ3v) is 6.29. The maximum atomic E-state index is 13.3. The van der Waals surface area contributed by atoms with Crippen LogP contribution in [0.15, 0.2) is 88.9 Å². The lowest BCUT2D eigenvalue weighted by atomic mass is 10.2. The summed E-state index contributed by atoms with van der Waals surface area (Å²) in [6.07, 6.45) is 1.47. The van der Waals surface area contributed by atoms with Crippen LogP contribution in [0.1, 0.15) is 5.56 Å². The number of hydrazone groups is 1. The molecule has 0 saturated heterocycles. The van der Waals surface area contributed by atoms with Crippen molar-refractivity contribution >= 4 is 39.4 Å². The van der Waals surface area contributed by atoms with Gasteiger partial charge in [0.15, 0.2) is 0 Å². The van der Waals surface area contributed by atoms with Crippen LogP contribution in [0.4, 0.5) is 5.69 Å². The van der Waals surface area contributed by atoms with Crippen LogP contribution in [0.2, 0.25) is 5.02 Å². The Kier molecular flexibility index (Phi) is 7.28. The van der Waals surface area contributed by atoms with E-state index in [0.717, 1.165) is 9.87 Å². The van der Waals surface area contributed by atoms with Crippen molar-refractivity contribution in [1.82, 2.24) is 5.43 Å². The highest BCUT2D eigenvalue weighted by Gasteiger charge is 2.27. The molecule has 3 aromatic carbocycles. The van der Waals surface area contributed by atoms with E-state index < -0.39 is 22.5 Å². The molecule has 9 heteroatoms. The summed E-state index contributed by atoms with van der Waals surface area (Å²) in [6, 6.07) is 21.3. The Labute approximate surface area is 186 Å². The fourth-order valence-electron chi connectivity index (χ4n) is 2.68. The molecule has 0 bridgehead atoms. The molecule has 0 saturated carbocycles. The first-order valence-electron chi connectivity index (χ1n) is 9.19. The number of carbonyl (C=O) groups excluding carboxylic acids is 1. The van der Waals surface area contributed by atoms with Crippen molar-refractivity contribution < 1.29 is 17.9 Å². The summed E-state index contributed by atoms with van der Waals surface area (Å²) < 4.78 is 32.6. The van der Waals surface area contributed by atoms with E-state index in [2.05, 4.69) is 10.5 Å². The van der Waals surface area contributed by atoms with Gasteiger partial charge in [-0.2, -0.15) is 5.10 Å². The van der Waals surface area contributed by atoms with E-state index in [-0.39, 0.29) is 4.90 Å². The topological polar surface area (TPSA) is 88.1 Å². The van der Waals surface area contributed by atoms with Crippen LogP contribution >= 0.6 is 11.6 Å². The van der Waals surface area contributed by atoms with Gasteiger partial charge in [0.2, 0.25) is 0 Å². The van der Waals surface area contributed by atoms with E-state index in [4.69, 9.17) is 16.3 Å². The molecule has 160 valence electrons. The largest absolute Gasteiger partial charge is 0.497 e. The maximum Gasteiger partial charge on any atom is 0.264 e. The van der Waals surface area contributed by atoms with Crippen molar-refractivity contribution in [2.24, 2.45) is 5.10 Å². The molecule has 31 heavy (non-hydrogen) atoms. The number of anilines is 1. The van der Waals surface area contributed by atoms with Crippen molar-refractivity contribution in [3.05, 3.63) is 89.4 Å². The number of carbonyl (C=O) groups is 1. The third kappa shape index (κ3) is 5.84. The van der Waals surface area contributed by atoms with E-state index in [0.29, 0.717) is 16.5 Å². The van der Waals surface area contributed by atoms with Crippen molar-refractivity contribution in [1.29, 1.82) is 0 Å². The first kappa shape index (κ1) is 22.3. The smallest absolute Gasteiger partial charge is 0.264 e. The number of hydrogen-bond acceptors (Lipinski definition) is 5. The molecule has 0 aliphatic carbocycles. The van der Waals surface area contributed by atoms with Crippen LogP contribution in [0, 0.1) is 0 Å². The second-order valence-electron chi connectivity index (χ2n) is 6.37. The summed E-state index contributed by atoms with van der Waals surface area (Å²) in [5.74, 6) is -0.0794. The van der Waals surface area contributed by atoms with Crippen LogP contribution in [0.25, 0.3) is 0 Å². The number of halogens is 1. The summed E-state index contributed by atoms with van der Waals surface area (Å²) >= 11 is 5.93. The zero-order valence-corrected chi connectivity index (χ0v) is 18.2. The lowest BCUT2D eigenvalue weighted by Gasteiger charge is -2.23. The van der Waals surface area contributed by atoms with Gasteiger partial charge in [-0.25, -0.2) is 13.8 Å². The third-order valence-electron chi connectivity index (χ3n) is 4.25. The second-order valence-corrected chi connectivity index (χ2v) is 8.67. The molecule has 0 aromatic heterocycles. The fourth-order valence-corrected chi connectivity index (χ4v) is 4.23. The van der Waals surface area contributed by atoms with Crippen molar-refractivity contribution in [3.63, 3.8) is 0 Å². The number of sulfonamides is 1. The molecule has 0 unspecified atom stereocenters. The molecule has 1 N–H and O–H groups in total. The van der Waals surface area contributed by atoms with Crippen molar-refractivity contribution in [2.45, 2.75) is 4.90 Å². The van der Waals surface area contributed by atoms with Gasteiger partial charge in [-0.3, -0.25) is 9.10 Å². The molecule has 1 amide bonds. The first-order chi connectivity index (χ1) is 14.9. The molecule has 7 nitrogen and oxygen atoms in total. The van der Waals surface area contributed by atoms with Gasteiger partial charge in [-0.15, -0.1) is 0 Å². The van der Waals surface area contributed by atoms with E-state index in [1.807, 2.05) is 30.3 Å². The quantitative estimate of drug-likeness (QED) is 0.412. The van der Waals surface area contributed by atoms with Gasteiger partial charge in [0.1, 0.15) is 12.3 Å². The molecule has 0 atom stereocenters. The molecule has 0 spiro atoms. The lowest BCUT2D eigenvalue weighted by molar-refractivity contribution is -0.119. The Hall–Kier alpha value is -3.36. The van der Waals surface area contributed by atoms with Crippen LogP contribution in [0.5, 0.6) is 5.75 Å². The Morgan fingerprint density at radius 3 is 2.29 bits per heavy atom. The fraction of sp³-hybridized carbons (Fsp3) is 0.0909. The minimum absolute atomic E-state index is 0.0174. The first-order valence-corrected chi connectivity index (χ1v) is 11.0. The average molecular weight is 458 g/mol. The van der Waals surface area contributed by atoms with Gasteiger partial charge < -0.3 is 4.74 Å². The zero-order chi connectivity index (χ0) is 22.3. The minimum atomic E-state index is -4.04. The number of benzene rings is 3. The summed E-state index contributed by atoms with van der Waals surface area (Å²) in [6.45, 7) is -0.470. The highest BCUT2D eigenvalue weighted by Crippen LogP contribution is 2.26. The summed E-state index contributed by atoms with van der Waals surface area (Å²) in [7, 11) is -2.55. The van der Waals surface area contributed by atoms with E-state index in [1.165, 1.54) is 49.7 Å². The van der Waals surface area contributed by atoms with Crippen LogP contribution in [-0.4, -0.2) is 34.2 Å². The summed E-state index contributed by atoms with van der Waals surface area (Å²) in [4.78, 5) is 12.5. The Morgan fingerprint density at radius 1 is 1.03 bits per heavy atom. The maximum absolute atomic E-state index is 13.3. The summed E-state index contributed by atoms with van der Waals surface area (Å²) in [5.41, 5.74) is 3.45. The molecule has 0 radical (unpaired) electrons. The average Bonchev–Trinajstić information content (AvgIpc) is 2.79. The molecule has 3 aromatic rings. The molecule has 0 aliphatic heterocycles. The number of ether oxygens (including phenoxy) is 1. The van der Waals surface area contributed by atoms with Crippen molar-refractivity contribution in [3.8, 4) is 5.75 Å². The normalized spacial score (nSPS) is 11.3. The number of hydrogen-bond donors (Lipinski definition) is 1. The highest BCUT2D eigenvalue weighted by molar-refractivity contribution is 7.92. The van der Waals surface area contributed by atoms with Crippen molar-refractivity contribution in [2.75, 3.05) is 18.0 Å². The number of methoxy groups -OCH3 is 1. The molecule has 0 aliphatic rings. The van der Waals surface area contributed by atoms with Gasteiger partial charge >= 0.3 is 0 Å². The lowest BCUT2D eigenvalue weighted by Crippen LogP contribution is -2.39. The predicted molar refractivity (Wildman–Crippen MR) is 121 cm³/mol. The Morgan fingerprint density at radius 2 is 1.68 bits per heavy atom. The van der Waals surface area contributed by atoms with Crippen LogP contribution in [-0.2, 0) is 14.8 Å². The monoisotopic (exact) mass is 457 g/mol. The number of nitrogens with one attached hydrogen (secondary N) is 1. The summed E-state index contributed by atoms with van der Waals surface area (Å²) in [5, 5.41) is 4.34. The van der Waals surface area contributed by atoms with Gasteiger partial charge in [-0.1, -0.05) is 41.9 Å². The molecular weight excluding hydrogens is 438 g/mol. The molecule has 0 fully saturated rings. The Balaban J connectivity index is 1.84. The standard InChI is InChI=1S/C22H20ClN3O4S/c1-30-20-11-13-21(14-12-20)31(28,29)26(19-9-7-18(23)8-10-19)16-22(27)25-24-15-17-5-3-2-4-6-17/h2-15H,16H2,1H3,(H,25,27)/b24-15-. The Bertz CT molecular complexity index is 1150. The molecule has 0 heterocycles. The SMILES string of the molecule is COc1ccc(S(=O)(=O)N(CC(=O)N/N=C\c2ccccc2)c2ccc(Cl)cc2)cc1. The van der Waals surface area contributed by atoms with Gasteiger partial charge in [0.25, 0.3) is 15.9 Å². The molecular formula is C22H20ClN3O4S. The highest BCUT2D eigenvalue weighted by atomic mass is 35.5. The van der Waals surface area contributed by atoms with Crippen LogP contribution < -0.4 is 14.5 Å². The van der Waals surface area contributed by atoms with Gasteiger partial charge in [0, 0.05) is 5.02 Å². The molecule has 3 rings (SSSR count). The zero-order valence-electron chi connectivity index (χ0n) is 16.6. The minimum Gasteiger partial charge on any atom is -0.497 e. The van der Waals surface area contributed by atoms with Crippen LogP contribution in [0.3, 0.4) is 0 Å². The number of rotatable bonds is 8. The van der Waals surface area contributed by atoms with Gasteiger partial charge in [0.05, 0.1) is 23.9 Å². The van der Waals surface area contributed by atoms with E-state index >= 15 is 0 Å². The predicted octanol–water partition coefficient (Wildman–Crippen LogP) is 3.69. The van der Waals surface area contributed by atoms with E-state index in [9.17, 15) is 13.2 Å².